The van der Waals surface area contributed by atoms with Gasteiger partial charge < -0.3 is 9.47 Å². The molecule has 6 rings (SSSR count). The highest BCUT2D eigenvalue weighted by molar-refractivity contribution is 6.27. The van der Waals surface area contributed by atoms with E-state index in [-0.39, 0.29) is 5.78 Å². The zero-order valence-corrected chi connectivity index (χ0v) is 21.3. The lowest BCUT2D eigenvalue weighted by Gasteiger charge is -2.17. The summed E-state index contributed by atoms with van der Waals surface area (Å²) in [6.45, 7) is 0. The van der Waals surface area contributed by atoms with E-state index in [1.807, 2.05) is 84.9 Å². The number of hydrogen-bond donors (Lipinski definition) is 0. The molecule has 3 nitrogen and oxygen atoms in total. The molecular weight excluding hydrogens is 468 g/mol. The molecular formula is C35H26O3. The third kappa shape index (κ3) is 4.08. The molecule has 0 aliphatic heterocycles. The first kappa shape index (κ1) is 23.5. The second-order valence-electron chi connectivity index (χ2n) is 9.20. The molecule has 0 saturated carbocycles. The third-order valence-electron chi connectivity index (χ3n) is 7.11. The Balaban J connectivity index is 1.65. The van der Waals surface area contributed by atoms with Crippen LogP contribution in [0.4, 0.5) is 0 Å². The molecule has 0 fully saturated rings. The quantitative estimate of drug-likeness (QED) is 0.218. The van der Waals surface area contributed by atoms with Gasteiger partial charge in [-0.25, -0.2) is 0 Å². The molecule has 3 heteroatoms. The summed E-state index contributed by atoms with van der Waals surface area (Å²) in [4.78, 5) is 14.9. The van der Waals surface area contributed by atoms with Crippen LogP contribution in [0, 0.1) is 0 Å². The lowest BCUT2D eigenvalue weighted by molar-refractivity contribution is 0.104. The van der Waals surface area contributed by atoms with Gasteiger partial charge in [0.15, 0.2) is 5.78 Å². The van der Waals surface area contributed by atoms with Crippen LogP contribution in [0.3, 0.4) is 0 Å². The summed E-state index contributed by atoms with van der Waals surface area (Å²) in [5, 5.41) is 3.91. The van der Waals surface area contributed by atoms with Crippen LogP contribution in [-0.4, -0.2) is 20.0 Å². The number of carbonyl (C=O) groups excluding carboxylic acids is 1. The van der Waals surface area contributed by atoms with E-state index in [1.54, 1.807) is 14.2 Å². The summed E-state index contributed by atoms with van der Waals surface area (Å²) >= 11 is 0. The van der Waals surface area contributed by atoms with E-state index in [9.17, 15) is 4.79 Å². The Morgan fingerprint density at radius 2 is 0.868 bits per heavy atom. The van der Waals surface area contributed by atoms with E-state index >= 15 is 0 Å². The van der Waals surface area contributed by atoms with Crippen LogP contribution < -0.4 is 9.47 Å². The van der Waals surface area contributed by atoms with Crippen molar-refractivity contribution in [2.45, 2.75) is 0 Å². The van der Waals surface area contributed by atoms with Gasteiger partial charge in [-0.1, -0.05) is 97.1 Å². The van der Waals surface area contributed by atoms with Crippen molar-refractivity contribution in [1.82, 2.24) is 0 Å². The first-order valence-electron chi connectivity index (χ1n) is 12.5. The average Bonchev–Trinajstić information content (AvgIpc) is 2.99. The Kier molecular flexibility index (Phi) is 6.11. The highest BCUT2D eigenvalue weighted by Gasteiger charge is 2.23. The maximum atomic E-state index is 14.9. The lowest BCUT2D eigenvalue weighted by Crippen LogP contribution is -2.08. The first-order valence-corrected chi connectivity index (χ1v) is 12.5. The molecule has 0 heterocycles. The molecule has 0 amide bonds. The normalized spacial score (nSPS) is 11.0. The molecule has 38 heavy (non-hydrogen) atoms. The van der Waals surface area contributed by atoms with E-state index in [0.29, 0.717) is 11.1 Å². The van der Waals surface area contributed by atoms with Gasteiger partial charge in [-0.05, 0) is 68.1 Å². The van der Waals surface area contributed by atoms with Gasteiger partial charge in [-0.2, -0.15) is 0 Å². The SMILES string of the molecule is COc1ccc(-c2ccc3ccccc3c2C(=O)c2c(-c3ccc(OC)cc3)ccc3ccccc23)cc1. The van der Waals surface area contributed by atoms with Crippen molar-refractivity contribution in [3.8, 4) is 33.8 Å². The molecule has 0 bridgehead atoms. The molecule has 184 valence electrons. The Morgan fingerprint density at radius 1 is 0.474 bits per heavy atom. The number of rotatable bonds is 6. The summed E-state index contributed by atoms with van der Waals surface area (Å²) < 4.78 is 10.8. The van der Waals surface area contributed by atoms with E-state index < -0.39 is 0 Å². The number of ether oxygens (including phenoxy) is 2. The fraction of sp³-hybridized carbons (Fsp3) is 0.0571. The number of methoxy groups -OCH3 is 2. The summed E-state index contributed by atoms with van der Waals surface area (Å²) in [6, 6.07) is 40.2. The van der Waals surface area contributed by atoms with Gasteiger partial charge in [0.2, 0.25) is 0 Å². The minimum atomic E-state index is -0.00441. The van der Waals surface area contributed by atoms with Gasteiger partial charge in [0, 0.05) is 11.1 Å². The van der Waals surface area contributed by atoms with Crippen LogP contribution in [-0.2, 0) is 0 Å². The van der Waals surface area contributed by atoms with E-state index in [1.165, 1.54) is 0 Å². The number of hydrogen-bond acceptors (Lipinski definition) is 3. The van der Waals surface area contributed by atoms with Crippen molar-refractivity contribution in [2.24, 2.45) is 0 Å². The predicted molar refractivity (Wildman–Crippen MR) is 155 cm³/mol. The molecule has 0 aliphatic rings. The molecule has 0 N–H and O–H groups in total. The van der Waals surface area contributed by atoms with Crippen LogP contribution in [0.5, 0.6) is 11.5 Å². The molecule has 6 aromatic carbocycles. The topological polar surface area (TPSA) is 35.5 Å². The van der Waals surface area contributed by atoms with Gasteiger partial charge in [0.25, 0.3) is 0 Å². The van der Waals surface area contributed by atoms with E-state index in [2.05, 4.69) is 36.4 Å². The Hall–Kier alpha value is -4.89. The highest BCUT2D eigenvalue weighted by atomic mass is 16.5. The number of benzene rings is 6. The second-order valence-corrected chi connectivity index (χ2v) is 9.20. The summed E-state index contributed by atoms with van der Waals surface area (Å²) in [5.74, 6) is 1.55. The van der Waals surface area contributed by atoms with Gasteiger partial charge in [0.05, 0.1) is 14.2 Å². The lowest BCUT2D eigenvalue weighted by atomic mass is 9.84. The van der Waals surface area contributed by atoms with E-state index in [0.717, 1.165) is 55.3 Å². The summed E-state index contributed by atoms with van der Waals surface area (Å²) in [7, 11) is 3.31. The predicted octanol–water partition coefficient (Wildman–Crippen LogP) is 8.58. The van der Waals surface area contributed by atoms with Gasteiger partial charge in [-0.15, -0.1) is 0 Å². The smallest absolute Gasteiger partial charge is 0.195 e. The summed E-state index contributed by atoms with van der Waals surface area (Å²) in [5.41, 5.74) is 5.10. The third-order valence-corrected chi connectivity index (χ3v) is 7.11. The van der Waals surface area contributed by atoms with Gasteiger partial charge in [0.1, 0.15) is 11.5 Å². The fourth-order valence-electron chi connectivity index (χ4n) is 5.18. The number of fused-ring (bicyclic) bond motifs is 2. The van der Waals surface area contributed by atoms with Gasteiger partial charge >= 0.3 is 0 Å². The second kappa shape index (κ2) is 9.87. The zero-order valence-electron chi connectivity index (χ0n) is 21.3. The zero-order chi connectivity index (χ0) is 26.1. The van der Waals surface area contributed by atoms with Crippen molar-refractivity contribution in [3.63, 3.8) is 0 Å². The van der Waals surface area contributed by atoms with Crippen molar-refractivity contribution < 1.29 is 14.3 Å². The van der Waals surface area contributed by atoms with Gasteiger partial charge in [-0.3, -0.25) is 4.79 Å². The Labute approximate surface area is 221 Å². The van der Waals surface area contributed by atoms with Crippen LogP contribution in [0.2, 0.25) is 0 Å². The van der Waals surface area contributed by atoms with Crippen molar-refractivity contribution in [2.75, 3.05) is 14.2 Å². The van der Waals surface area contributed by atoms with Crippen molar-refractivity contribution in [3.05, 3.63) is 132 Å². The molecule has 0 unspecified atom stereocenters. The van der Waals surface area contributed by atoms with Crippen LogP contribution in [0.15, 0.2) is 121 Å². The standard InChI is InChI=1S/C35H26O3/c1-37-27-17-11-25(12-18-27)31-21-15-23-7-3-5-9-29(23)33(31)35(36)34-30-10-6-4-8-24(30)16-22-32(34)26-13-19-28(38-2)20-14-26/h3-22H,1-2H3. The molecule has 0 aliphatic carbocycles. The number of carbonyl (C=O) groups is 1. The fourth-order valence-corrected chi connectivity index (χ4v) is 5.18. The molecule has 0 saturated heterocycles. The van der Waals surface area contributed by atoms with Crippen LogP contribution in [0.25, 0.3) is 43.8 Å². The minimum Gasteiger partial charge on any atom is -0.497 e. The van der Waals surface area contributed by atoms with Crippen LogP contribution in [0.1, 0.15) is 15.9 Å². The molecule has 0 atom stereocenters. The number of ketones is 1. The molecule has 0 radical (unpaired) electrons. The molecule has 6 aromatic rings. The monoisotopic (exact) mass is 494 g/mol. The first-order chi connectivity index (χ1) is 18.7. The maximum Gasteiger partial charge on any atom is 0.195 e. The van der Waals surface area contributed by atoms with Crippen LogP contribution >= 0.6 is 0 Å². The minimum absolute atomic E-state index is 0.00441. The maximum absolute atomic E-state index is 14.9. The average molecular weight is 495 g/mol. The highest BCUT2D eigenvalue weighted by Crippen LogP contribution is 2.38. The Bertz CT molecular complexity index is 1650. The van der Waals surface area contributed by atoms with Crippen molar-refractivity contribution in [1.29, 1.82) is 0 Å². The molecule has 0 spiro atoms. The van der Waals surface area contributed by atoms with E-state index in [4.69, 9.17) is 9.47 Å². The largest absolute Gasteiger partial charge is 0.497 e. The van der Waals surface area contributed by atoms with Crippen molar-refractivity contribution >= 4 is 27.3 Å². The molecule has 0 aromatic heterocycles. The Morgan fingerprint density at radius 3 is 1.26 bits per heavy atom. The summed E-state index contributed by atoms with van der Waals surface area (Å²) in [6.07, 6.45) is 0.